The summed E-state index contributed by atoms with van der Waals surface area (Å²) in [6.45, 7) is 0.780. The summed E-state index contributed by atoms with van der Waals surface area (Å²) in [5.74, 6) is -0.914. The Labute approximate surface area is 155 Å². The van der Waals surface area contributed by atoms with Crippen LogP contribution in [0.5, 0.6) is 0 Å². The molecule has 1 aliphatic rings. The second kappa shape index (κ2) is 6.72. The van der Waals surface area contributed by atoms with Crippen molar-refractivity contribution in [2.75, 3.05) is 12.4 Å². The van der Waals surface area contributed by atoms with Crippen LogP contribution in [0.25, 0.3) is 10.9 Å². The molecule has 0 atom stereocenters. The van der Waals surface area contributed by atoms with Gasteiger partial charge in [-0.15, -0.1) is 0 Å². The van der Waals surface area contributed by atoms with E-state index in [4.69, 9.17) is 0 Å². The van der Waals surface area contributed by atoms with Gasteiger partial charge in [0.05, 0.1) is 18.2 Å². The van der Waals surface area contributed by atoms with Crippen LogP contribution in [-0.4, -0.2) is 23.6 Å². The van der Waals surface area contributed by atoms with Crippen LogP contribution in [0.3, 0.4) is 0 Å². The van der Waals surface area contributed by atoms with Crippen molar-refractivity contribution >= 4 is 28.5 Å². The zero-order valence-corrected chi connectivity index (χ0v) is 14.8. The van der Waals surface area contributed by atoms with Gasteiger partial charge in [-0.2, -0.15) is 0 Å². The van der Waals surface area contributed by atoms with Gasteiger partial charge in [-0.25, -0.2) is 4.79 Å². The van der Waals surface area contributed by atoms with Crippen molar-refractivity contribution in [3.63, 3.8) is 0 Å². The molecule has 136 valence electrons. The number of aryl methyl sites for hydroxylation is 2. The molecule has 1 aromatic heterocycles. The highest BCUT2D eigenvalue weighted by molar-refractivity contribution is 6.06. The molecule has 0 aliphatic carbocycles. The van der Waals surface area contributed by atoms with Gasteiger partial charge < -0.3 is 14.6 Å². The van der Waals surface area contributed by atoms with Gasteiger partial charge in [-0.05, 0) is 48.7 Å². The minimum absolute atomic E-state index is 0.110. The Kier molecular flexibility index (Phi) is 4.24. The van der Waals surface area contributed by atoms with Crippen molar-refractivity contribution in [2.45, 2.75) is 19.4 Å². The third-order valence-corrected chi connectivity index (χ3v) is 4.83. The smallest absolute Gasteiger partial charge is 0.337 e. The first-order valence-electron chi connectivity index (χ1n) is 8.73. The first-order chi connectivity index (χ1) is 13.1. The molecule has 6 heteroatoms. The maximum Gasteiger partial charge on any atom is 0.337 e. The first-order valence-corrected chi connectivity index (χ1v) is 8.73. The molecule has 0 bridgehead atoms. The molecular formula is C21H18N2O4. The number of pyridine rings is 1. The number of nitrogens with one attached hydrogen (secondary N) is 1. The van der Waals surface area contributed by atoms with E-state index in [-0.39, 0.29) is 11.0 Å². The van der Waals surface area contributed by atoms with Crippen LogP contribution in [-0.2, 0) is 17.7 Å². The van der Waals surface area contributed by atoms with Gasteiger partial charge in [0.1, 0.15) is 5.56 Å². The largest absolute Gasteiger partial charge is 0.465 e. The number of aromatic nitrogens is 1. The van der Waals surface area contributed by atoms with E-state index in [1.165, 1.54) is 7.11 Å². The number of anilines is 1. The number of benzene rings is 2. The number of hydrogen-bond donors (Lipinski definition) is 1. The summed E-state index contributed by atoms with van der Waals surface area (Å²) in [6.07, 6.45) is 3.56. The Morgan fingerprint density at radius 1 is 1.11 bits per heavy atom. The van der Waals surface area contributed by atoms with Crippen molar-refractivity contribution in [2.24, 2.45) is 0 Å². The van der Waals surface area contributed by atoms with E-state index in [0.29, 0.717) is 16.6 Å². The first kappa shape index (κ1) is 17.0. The molecule has 0 fully saturated rings. The van der Waals surface area contributed by atoms with Crippen molar-refractivity contribution in [3.05, 3.63) is 75.6 Å². The molecule has 2 aromatic carbocycles. The lowest BCUT2D eigenvalue weighted by atomic mass is 9.99. The highest BCUT2D eigenvalue weighted by atomic mass is 16.5. The number of carbonyl (C=O) groups excluding carboxylic acids is 2. The van der Waals surface area contributed by atoms with E-state index in [1.807, 2.05) is 16.7 Å². The third-order valence-electron chi connectivity index (χ3n) is 4.83. The number of methoxy groups -OCH3 is 1. The molecule has 27 heavy (non-hydrogen) atoms. The molecule has 0 saturated carbocycles. The maximum atomic E-state index is 12.9. The molecule has 6 nitrogen and oxygen atoms in total. The summed E-state index contributed by atoms with van der Waals surface area (Å²) in [4.78, 5) is 37.0. The van der Waals surface area contributed by atoms with Gasteiger partial charge >= 0.3 is 5.97 Å². The monoisotopic (exact) mass is 362 g/mol. The van der Waals surface area contributed by atoms with Crippen LogP contribution in [0.15, 0.2) is 53.5 Å². The van der Waals surface area contributed by atoms with E-state index < -0.39 is 11.9 Å². The molecule has 1 aliphatic heterocycles. The molecule has 1 N–H and O–H groups in total. The van der Waals surface area contributed by atoms with Crippen molar-refractivity contribution in [1.82, 2.24) is 4.57 Å². The summed E-state index contributed by atoms with van der Waals surface area (Å²) >= 11 is 0. The predicted molar refractivity (Wildman–Crippen MR) is 102 cm³/mol. The topological polar surface area (TPSA) is 77.4 Å². The highest BCUT2D eigenvalue weighted by Gasteiger charge is 2.19. The van der Waals surface area contributed by atoms with Gasteiger partial charge in [-0.3, -0.25) is 9.59 Å². The summed E-state index contributed by atoms with van der Waals surface area (Å²) in [5.41, 5.74) is 2.79. The predicted octanol–water partition coefficient (Wildman–Crippen LogP) is 2.99. The Morgan fingerprint density at radius 2 is 1.89 bits per heavy atom. The Morgan fingerprint density at radius 3 is 2.63 bits per heavy atom. The van der Waals surface area contributed by atoms with E-state index in [9.17, 15) is 14.4 Å². The van der Waals surface area contributed by atoms with Gasteiger partial charge in [0.25, 0.3) is 5.91 Å². The van der Waals surface area contributed by atoms with Crippen molar-refractivity contribution in [3.8, 4) is 0 Å². The summed E-state index contributed by atoms with van der Waals surface area (Å²) in [7, 11) is 1.31. The van der Waals surface area contributed by atoms with Crippen LogP contribution < -0.4 is 10.7 Å². The van der Waals surface area contributed by atoms with Gasteiger partial charge in [-0.1, -0.05) is 12.1 Å². The molecular weight excluding hydrogens is 344 g/mol. The van der Waals surface area contributed by atoms with Gasteiger partial charge in [0.15, 0.2) is 0 Å². The van der Waals surface area contributed by atoms with E-state index >= 15 is 0 Å². The normalized spacial score (nSPS) is 12.6. The zero-order valence-electron chi connectivity index (χ0n) is 14.8. The lowest BCUT2D eigenvalue weighted by Gasteiger charge is -2.20. The van der Waals surface area contributed by atoms with Gasteiger partial charge in [0.2, 0.25) is 5.43 Å². The fourth-order valence-corrected chi connectivity index (χ4v) is 3.52. The molecule has 3 aromatic rings. The highest BCUT2D eigenvalue weighted by Crippen LogP contribution is 2.23. The molecule has 0 unspecified atom stereocenters. The van der Waals surface area contributed by atoms with Crippen LogP contribution in [0.1, 0.15) is 32.7 Å². The lowest BCUT2D eigenvalue weighted by molar-refractivity contribution is 0.0600. The van der Waals surface area contributed by atoms with Gasteiger partial charge in [0, 0.05) is 23.8 Å². The van der Waals surface area contributed by atoms with E-state index in [1.54, 1.807) is 36.5 Å². The number of nitrogens with zero attached hydrogens (tertiary/aromatic N) is 1. The number of ether oxygens (including phenoxy) is 1. The fraction of sp³-hybridized carbons (Fsp3) is 0.190. The second-order valence-corrected chi connectivity index (χ2v) is 6.51. The molecule has 0 radical (unpaired) electrons. The fourth-order valence-electron chi connectivity index (χ4n) is 3.52. The zero-order chi connectivity index (χ0) is 19.0. The number of amides is 1. The standard InChI is InChI=1S/C21H18N2O4/c1-27-21(26)14-7-9-15(10-8-14)22-20(25)17-12-23-11-3-5-13-4-2-6-16(18(13)23)19(17)24/h2,4,6-10,12H,3,5,11H2,1H3,(H,22,25). The minimum atomic E-state index is -0.465. The number of para-hydroxylation sites is 1. The molecule has 0 spiro atoms. The number of hydrogen-bond acceptors (Lipinski definition) is 4. The molecule has 4 rings (SSSR count). The summed E-state index contributed by atoms with van der Waals surface area (Å²) in [5, 5.41) is 3.30. The number of carbonyl (C=O) groups is 2. The quantitative estimate of drug-likeness (QED) is 0.727. The molecule has 2 heterocycles. The van der Waals surface area contributed by atoms with Crippen LogP contribution in [0.2, 0.25) is 0 Å². The van der Waals surface area contributed by atoms with Crippen molar-refractivity contribution < 1.29 is 14.3 Å². The average Bonchev–Trinajstić information content (AvgIpc) is 2.70. The van der Waals surface area contributed by atoms with Crippen LogP contribution in [0.4, 0.5) is 5.69 Å². The van der Waals surface area contributed by atoms with E-state index in [2.05, 4.69) is 10.1 Å². The van der Waals surface area contributed by atoms with Crippen LogP contribution >= 0.6 is 0 Å². The van der Waals surface area contributed by atoms with E-state index in [0.717, 1.165) is 30.5 Å². The number of esters is 1. The van der Waals surface area contributed by atoms with Crippen LogP contribution in [0, 0.1) is 0 Å². The third kappa shape index (κ3) is 2.99. The lowest BCUT2D eigenvalue weighted by Crippen LogP contribution is -2.25. The second-order valence-electron chi connectivity index (χ2n) is 6.51. The molecule has 1 amide bonds. The van der Waals surface area contributed by atoms with Crippen molar-refractivity contribution in [1.29, 1.82) is 0 Å². The maximum absolute atomic E-state index is 12.9. The summed E-state index contributed by atoms with van der Waals surface area (Å²) < 4.78 is 6.64. The minimum Gasteiger partial charge on any atom is -0.465 e. The Bertz CT molecular complexity index is 1110. The average molecular weight is 362 g/mol. The Hall–Kier alpha value is -3.41. The Balaban J connectivity index is 1.68. The molecule has 0 saturated heterocycles. The summed E-state index contributed by atoms with van der Waals surface area (Å²) in [6, 6.07) is 12.0. The number of rotatable bonds is 3. The SMILES string of the molecule is COC(=O)c1ccc(NC(=O)c2cn3c4c(cccc4c2=O)CCC3)cc1.